The first-order valence-electron chi connectivity index (χ1n) is 8.26. The Morgan fingerprint density at radius 3 is 2.29 bits per heavy atom. The Bertz CT molecular complexity index is 1010. The van der Waals surface area contributed by atoms with Crippen LogP contribution in [0, 0.1) is 20.2 Å². The van der Waals surface area contributed by atoms with Gasteiger partial charge in [0.1, 0.15) is 6.61 Å². The smallest absolute Gasteiger partial charge is 0.339 e. The van der Waals surface area contributed by atoms with E-state index in [1.807, 2.05) is 0 Å². The number of fused-ring (bicyclic) bond motifs is 3. The highest BCUT2D eigenvalue weighted by Crippen LogP contribution is 2.42. The van der Waals surface area contributed by atoms with Gasteiger partial charge in [-0.05, 0) is 18.6 Å². The number of hydrogen-bond donors (Lipinski definition) is 0. The molecule has 0 radical (unpaired) electrons. The van der Waals surface area contributed by atoms with Crippen molar-refractivity contribution in [2.45, 2.75) is 6.92 Å². The molecule has 0 bridgehead atoms. The molecule has 28 heavy (non-hydrogen) atoms. The number of nitro groups is 2. The Hall–Kier alpha value is -3.66. The number of carbonyl (C=O) groups is 2. The van der Waals surface area contributed by atoms with Crippen molar-refractivity contribution < 1.29 is 28.9 Å². The minimum Gasteiger partial charge on any atom is -0.460 e. The normalized spacial score (nSPS) is 11.7. The number of nitrogens with zero attached hydrogens (tertiary/aromatic N) is 2. The molecule has 0 N–H and O–H groups in total. The molecular formula is C18H14N2O8. The lowest BCUT2D eigenvalue weighted by Gasteiger charge is -2.09. The van der Waals surface area contributed by atoms with Crippen LogP contribution in [0.3, 0.4) is 0 Å². The Morgan fingerprint density at radius 2 is 1.64 bits per heavy atom. The minimum atomic E-state index is -0.848. The monoisotopic (exact) mass is 386 g/mol. The summed E-state index contributed by atoms with van der Waals surface area (Å²) in [5.41, 5.74) is -0.503. The van der Waals surface area contributed by atoms with Crippen LogP contribution in [0.15, 0.2) is 30.3 Å². The standard InChI is InChI=1S/C18H14N2O8/c1-2-27-5-6-28-18(22)15-9-11(20(25)26)8-14-16(15)12-4-3-10(19(23)24)7-13(12)17(14)21/h3-4,7-9H,2,5-6H2,1H3. The first kappa shape index (κ1) is 19.1. The number of benzene rings is 2. The van der Waals surface area contributed by atoms with Gasteiger partial charge < -0.3 is 9.47 Å². The molecule has 1 aliphatic carbocycles. The van der Waals surface area contributed by atoms with Crippen molar-refractivity contribution in [1.82, 2.24) is 0 Å². The van der Waals surface area contributed by atoms with E-state index in [1.165, 1.54) is 12.1 Å². The first-order valence-corrected chi connectivity index (χ1v) is 8.26. The molecule has 0 heterocycles. The van der Waals surface area contributed by atoms with Crippen molar-refractivity contribution in [1.29, 1.82) is 0 Å². The summed E-state index contributed by atoms with van der Waals surface area (Å²) in [5.74, 6) is -1.47. The molecule has 0 spiro atoms. The van der Waals surface area contributed by atoms with Gasteiger partial charge in [0.2, 0.25) is 0 Å². The SMILES string of the molecule is CCOCCOC(=O)c1cc([N+](=O)[O-])cc2c1-c1ccc([N+](=O)[O-])cc1C2=O. The zero-order valence-electron chi connectivity index (χ0n) is 14.7. The molecule has 0 saturated heterocycles. The van der Waals surface area contributed by atoms with Crippen molar-refractivity contribution in [2.75, 3.05) is 19.8 Å². The zero-order chi connectivity index (χ0) is 20.4. The molecule has 2 aromatic rings. The van der Waals surface area contributed by atoms with Crippen molar-refractivity contribution in [3.8, 4) is 11.1 Å². The van der Waals surface area contributed by atoms with Crippen molar-refractivity contribution >= 4 is 23.1 Å². The maximum atomic E-state index is 12.7. The van der Waals surface area contributed by atoms with Crippen LogP contribution < -0.4 is 0 Å². The lowest BCUT2D eigenvalue weighted by molar-refractivity contribution is -0.385. The maximum Gasteiger partial charge on any atom is 0.339 e. The number of carbonyl (C=O) groups excluding carboxylic acids is 2. The number of hydrogen-bond acceptors (Lipinski definition) is 8. The Balaban J connectivity index is 2.10. The summed E-state index contributed by atoms with van der Waals surface area (Å²) in [6.45, 7) is 2.30. The lowest BCUT2D eigenvalue weighted by atomic mass is 9.98. The van der Waals surface area contributed by atoms with E-state index in [2.05, 4.69) is 0 Å². The molecule has 3 rings (SSSR count). The van der Waals surface area contributed by atoms with Crippen molar-refractivity contribution in [3.63, 3.8) is 0 Å². The van der Waals surface area contributed by atoms with Gasteiger partial charge in [-0.25, -0.2) is 4.79 Å². The number of rotatable bonds is 7. The van der Waals surface area contributed by atoms with Crippen molar-refractivity contribution in [2.24, 2.45) is 0 Å². The molecule has 144 valence electrons. The third-order valence-electron chi connectivity index (χ3n) is 4.19. The topological polar surface area (TPSA) is 139 Å². The fraction of sp³-hybridized carbons (Fsp3) is 0.222. The number of ketones is 1. The summed E-state index contributed by atoms with van der Waals surface area (Å²) in [6, 6.07) is 5.73. The van der Waals surface area contributed by atoms with Crippen LogP contribution in [0.1, 0.15) is 33.2 Å². The molecule has 10 heteroatoms. The molecule has 2 aromatic carbocycles. The second kappa shape index (κ2) is 7.53. The number of ether oxygens (including phenoxy) is 2. The molecule has 0 saturated carbocycles. The minimum absolute atomic E-state index is 0.00747. The largest absolute Gasteiger partial charge is 0.460 e. The quantitative estimate of drug-likeness (QED) is 0.261. The third-order valence-corrected chi connectivity index (χ3v) is 4.19. The second-order valence-corrected chi connectivity index (χ2v) is 5.82. The molecule has 10 nitrogen and oxygen atoms in total. The van der Waals surface area contributed by atoms with Gasteiger partial charge in [-0.2, -0.15) is 0 Å². The van der Waals surface area contributed by atoms with Crippen LogP contribution in [-0.4, -0.2) is 41.4 Å². The molecule has 0 aliphatic heterocycles. The fourth-order valence-corrected chi connectivity index (χ4v) is 2.97. The summed E-state index contributed by atoms with van der Waals surface area (Å²) < 4.78 is 10.2. The van der Waals surface area contributed by atoms with Gasteiger partial charge in [-0.15, -0.1) is 0 Å². The van der Waals surface area contributed by atoms with E-state index in [9.17, 15) is 29.8 Å². The van der Waals surface area contributed by atoms with Crippen LogP contribution in [0.4, 0.5) is 11.4 Å². The molecule has 0 amide bonds. The zero-order valence-corrected chi connectivity index (χ0v) is 14.7. The van der Waals surface area contributed by atoms with Crippen LogP contribution in [-0.2, 0) is 9.47 Å². The van der Waals surface area contributed by atoms with E-state index in [4.69, 9.17) is 9.47 Å². The van der Waals surface area contributed by atoms with E-state index in [0.717, 1.165) is 18.2 Å². The summed E-state index contributed by atoms with van der Waals surface area (Å²) in [6.07, 6.45) is 0. The van der Waals surface area contributed by atoms with E-state index >= 15 is 0 Å². The van der Waals surface area contributed by atoms with Gasteiger partial charge in [0.05, 0.1) is 22.0 Å². The van der Waals surface area contributed by atoms with Gasteiger partial charge in [-0.1, -0.05) is 0 Å². The predicted octanol–water partition coefficient (Wildman–Crippen LogP) is 2.91. The van der Waals surface area contributed by atoms with Gasteiger partial charge in [0, 0.05) is 47.6 Å². The van der Waals surface area contributed by atoms with E-state index in [1.54, 1.807) is 6.92 Å². The summed E-state index contributed by atoms with van der Waals surface area (Å²) in [4.78, 5) is 46.1. The Kier molecular flexibility index (Phi) is 5.14. The van der Waals surface area contributed by atoms with Crippen LogP contribution in [0.25, 0.3) is 11.1 Å². The lowest BCUT2D eigenvalue weighted by Crippen LogP contribution is -2.12. The highest BCUT2D eigenvalue weighted by atomic mass is 16.6. The summed E-state index contributed by atoms with van der Waals surface area (Å²) in [5, 5.41) is 22.2. The fourth-order valence-electron chi connectivity index (χ4n) is 2.97. The van der Waals surface area contributed by atoms with E-state index in [0.29, 0.717) is 6.61 Å². The predicted molar refractivity (Wildman–Crippen MR) is 95.4 cm³/mol. The van der Waals surface area contributed by atoms with Gasteiger partial charge >= 0.3 is 5.97 Å². The van der Waals surface area contributed by atoms with Crippen molar-refractivity contribution in [3.05, 3.63) is 67.3 Å². The van der Waals surface area contributed by atoms with Gasteiger partial charge in [-0.3, -0.25) is 25.0 Å². The summed E-state index contributed by atoms with van der Waals surface area (Å²) >= 11 is 0. The van der Waals surface area contributed by atoms with Gasteiger partial charge in [0.15, 0.2) is 5.78 Å². The average molecular weight is 386 g/mol. The van der Waals surface area contributed by atoms with Crippen LogP contribution in [0.2, 0.25) is 0 Å². The second-order valence-electron chi connectivity index (χ2n) is 5.82. The molecular weight excluding hydrogens is 372 g/mol. The Labute approximate surface area is 158 Å². The number of non-ortho nitro benzene ring substituents is 2. The highest BCUT2D eigenvalue weighted by Gasteiger charge is 2.35. The number of esters is 1. The maximum absolute atomic E-state index is 12.7. The first-order chi connectivity index (χ1) is 13.3. The molecule has 0 atom stereocenters. The molecule has 0 aromatic heterocycles. The highest BCUT2D eigenvalue weighted by molar-refractivity contribution is 6.24. The van der Waals surface area contributed by atoms with Crippen LogP contribution >= 0.6 is 0 Å². The summed E-state index contributed by atoms with van der Waals surface area (Å²) in [7, 11) is 0. The molecule has 0 fully saturated rings. The van der Waals surface area contributed by atoms with Gasteiger partial charge in [0.25, 0.3) is 11.4 Å². The molecule has 1 aliphatic rings. The van der Waals surface area contributed by atoms with E-state index < -0.39 is 27.3 Å². The molecule has 0 unspecified atom stereocenters. The number of nitro benzene ring substituents is 2. The van der Waals surface area contributed by atoms with Crippen LogP contribution in [0.5, 0.6) is 0 Å². The average Bonchev–Trinajstić information content (AvgIpc) is 2.96. The Morgan fingerprint density at radius 1 is 0.964 bits per heavy atom. The van der Waals surface area contributed by atoms with E-state index in [-0.39, 0.29) is 46.7 Å². The third kappa shape index (κ3) is 3.32.